The van der Waals surface area contributed by atoms with Crippen molar-refractivity contribution in [3.05, 3.63) is 0 Å². The Morgan fingerprint density at radius 3 is 2.30 bits per heavy atom. The fourth-order valence-electron chi connectivity index (χ4n) is 2.77. The molecule has 4 nitrogen and oxygen atoms in total. The van der Waals surface area contributed by atoms with Crippen LogP contribution in [0.15, 0.2) is 0 Å². The van der Waals surface area contributed by atoms with E-state index in [0.717, 1.165) is 11.3 Å². The number of halogens is 3. The van der Waals surface area contributed by atoms with Gasteiger partial charge >= 0.3 is 6.18 Å². The van der Waals surface area contributed by atoms with E-state index in [1.54, 1.807) is 4.90 Å². The second-order valence-corrected chi connectivity index (χ2v) is 5.79. The molecule has 2 unspecified atom stereocenters. The number of nitrogens with zero attached hydrogens (tertiary/aromatic N) is 2. The molecule has 0 aliphatic carbocycles. The molecule has 1 saturated heterocycles. The van der Waals surface area contributed by atoms with Crippen molar-refractivity contribution >= 4 is 5.91 Å². The summed E-state index contributed by atoms with van der Waals surface area (Å²) in [5.74, 6) is 0.453. The molecule has 0 bridgehead atoms. The number of hydrogen-bond acceptors (Lipinski definition) is 3. The summed E-state index contributed by atoms with van der Waals surface area (Å²) in [5.41, 5.74) is 0. The van der Waals surface area contributed by atoms with Crippen molar-refractivity contribution in [1.29, 1.82) is 0 Å². The lowest BCUT2D eigenvalue weighted by Crippen LogP contribution is -2.48. The van der Waals surface area contributed by atoms with E-state index >= 15 is 0 Å². The Balaban J connectivity index is 2.56. The molecule has 1 aliphatic rings. The van der Waals surface area contributed by atoms with E-state index in [1.165, 1.54) is 0 Å². The van der Waals surface area contributed by atoms with Crippen LogP contribution in [0.3, 0.4) is 0 Å². The van der Waals surface area contributed by atoms with Crippen LogP contribution < -0.4 is 0 Å². The van der Waals surface area contributed by atoms with Gasteiger partial charge in [0.2, 0.25) is 5.91 Å². The van der Waals surface area contributed by atoms with E-state index in [4.69, 9.17) is 5.11 Å². The summed E-state index contributed by atoms with van der Waals surface area (Å²) in [4.78, 5) is 14.7. The molecule has 1 aliphatic heterocycles. The second-order valence-electron chi connectivity index (χ2n) is 5.79. The Bertz CT molecular complexity index is 313. The molecule has 1 fully saturated rings. The number of likely N-dealkylation sites (tertiary alicyclic amines) is 1. The lowest BCUT2D eigenvalue weighted by atomic mass is 9.92. The van der Waals surface area contributed by atoms with Crippen LogP contribution in [0, 0.1) is 11.8 Å². The van der Waals surface area contributed by atoms with Gasteiger partial charge in [0.15, 0.2) is 0 Å². The molecule has 7 heteroatoms. The molecule has 118 valence electrons. The first kappa shape index (κ1) is 17.2. The molecule has 0 saturated carbocycles. The Labute approximate surface area is 117 Å². The zero-order valence-corrected chi connectivity index (χ0v) is 12.0. The fourth-order valence-corrected chi connectivity index (χ4v) is 2.77. The zero-order valence-electron chi connectivity index (χ0n) is 12.0. The molecule has 0 aromatic carbocycles. The van der Waals surface area contributed by atoms with Crippen molar-refractivity contribution < 1.29 is 23.1 Å². The molecule has 1 rings (SSSR count). The van der Waals surface area contributed by atoms with Crippen molar-refractivity contribution in [2.24, 2.45) is 11.8 Å². The molecular formula is C13H23F3N2O2. The third-order valence-electron chi connectivity index (χ3n) is 3.40. The molecule has 1 amide bonds. The molecule has 1 N–H and O–H groups in total. The summed E-state index contributed by atoms with van der Waals surface area (Å²) in [7, 11) is 0. The van der Waals surface area contributed by atoms with Gasteiger partial charge in [-0.2, -0.15) is 13.2 Å². The third kappa shape index (κ3) is 6.09. The minimum Gasteiger partial charge on any atom is -0.395 e. The lowest BCUT2D eigenvalue weighted by Gasteiger charge is -2.36. The van der Waals surface area contributed by atoms with Crippen LogP contribution in [-0.2, 0) is 4.79 Å². The standard InChI is InChI=1S/C13H23F3N2O2/c1-10-5-11(2)7-18(6-10)12(20)8-17(3-4-19)9-13(14,15)16/h10-11,19H,3-9H2,1-2H3. The van der Waals surface area contributed by atoms with Crippen LogP contribution in [0.4, 0.5) is 13.2 Å². The molecule has 0 radical (unpaired) electrons. The monoisotopic (exact) mass is 296 g/mol. The highest BCUT2D eigenvalue weighted by Gasteiger charge is 2.33. The first-order chi connectivity index (χ1) is 9.21. The van der Waals surface area contributed by atoms with Crippen molar-refractivity contribution in [2.75, 3.05) is 39.3 Å². The fraction of sp³-hybridized carbons (Fsp3) is 0.923. The summed E-state index contributed by atoms with van der Waals surface area (Å²) in [6.07, 6.45) is -3.33. The van der Waals surface area contributed by atoms with Crippen LogP contribution in [0.1, 0.15) is 20.3 Å². The number of carbonyl (C=O) groups excluding carboxylic acids is 1. The number of amides is 1. The summed E-state index contributed by atoms with van der Waals surface area (Å²) < 4.78 is 37.2. The van der Waals surface area contributed by atoms with Crippen LogP contribution in [-0.4, -0.2) is 66.3 Å². The van der Waals surface area contributed by atoms with Gasteiger partial charge in [-0.05, 0) is 18.3 Å². The summed E-state index contributed by atoms with van der Waals surface area (Å²) in [5, 5.41) is 8.81. The highest BCUT2D eigenvalue weighted by Crippen LogP contribution is 2.21. The Morgan fingerprint density at radius 2 is 1.85 bits per heavy atom. The van der Waals surface area contributed by atoms with Gasteiger partial charge in [0.1, 0.15) is 0 Å². The Hall–Kier alpha value is -0.820. The number of aliphatic hydroxyl groups excluding tert-OH is 1. The van der Waals surface area contributed by atoms with Crippen molar-refractivity contribution in [1.82, 2.24) is 9.80 Å². The van der Waals surface area contributed by atoms with Crippen molar-refractivity contribution in [3.8, 4) is 0 Å². The zero-order chi connectivity index (χ0) is 15.3. The van der Waals surface area contributed by atoms with E-state index in [0.29, 0.717) is 24.9 Å². The average Bonchev–Trinajstić information content (AvgIpc) is 2.25. The summed E-state index contributed by atoms with van der Waals surface area (Å²) in [6.45, 7) is 3.27. The van der Waals surface area contributed by atoms with Gasteiger partial charge in [0.05, 0.1) is 19.7 Å². The maximum absolute atomic E-state index is 12.4. The molecule has 2 atom stereocenters. The van der Waals surface area contributed by atoms with Gasteiger partial charge in [-0.1, -0.05) is 13.8 Å². The Kier molecular flexibility index (Phi) is 6.26. The highest BCUT2D eigenvalue weighted by molar-refractivity contribution is 5.78. The van der Waals surface area contributed by atoms with Gasteiger partial charge in [-0.25, -0.2) is 0 Å². The van der Waals surface area contributed by atoms with E-state index < -0.39 is 19.3 Å². The molecular weight excluding hydrogens is 273 g/mol. The van der Waals surface area contributed by atoms with Gasteiger partial charge in [0, 0.05) is 19.6 Å². The maximum Gasteiger partial charge on any atom is 0.401 e. The van der Waals surface area contributed by atoms with Crippen LogP contribution in [0.25, 0.3) is 0 Å². The first-order valence-electron chi connectivity index (χ1n) is 6.89. The van der Waals surface area contributed by atoms with Crippen molar-refractivity contribution in [2.45, 2.75) is 26.4 Å². The SMILES string of the molecule is CC1CC(C)CN(C(=O)CN(CCO)CC(F)(F)F)C1. The summed E-state index contributed by atoms with van der Waals surface area (Å²) in [6, 6.07) is 0. The molecule has 20 heavy (non-hydrogen) atoms. The molecule has 0 spiro atoms. The molecule has 0 aromatic heterocycles. The van der Waals surface area contributed by atoms with E-state index in [-0.39, 0.29) is 19.0 Å². The topological polar surface area (TPSA) is 43.8 Å². The first-order valence-corrected chi connectivity index (χ1v) is 6.89. The highest BCUT2D eigenvalue weighted by atomic mass is 19.4. The van der Waals surface area contributed by atoms with Crippen molar-refractivity contribution in [3.63, 3.8) is 0 Å². The minimum atomic E-state index is -4.36. The number of carbonyl (C=O) groups is 1. The quantitative estimate of drug-likeness (QED) is 0.833. The lowest BCUT2D eigenvalue weighted by molar-refractivity contribution is -0.153. The Morgan fingerprint density at radius 1 is 1.30 bits per heavy atom. The third-order valence-corrected chi connectivity index (χ3v) is 3.40. The van der Waals surface area contributed by atoms with E-state index in [9.17, 15) is 18.0 Å². The van der Waals surface area contributed by atoms with Crippen LogP contribution in [0.2, 0.25) is 0 Å². The average molecular weight is 296 g/mol. The molecule has 0 aromatic rings. The summed E-state index contributed by atoms with van der Waals surface area (Å²) >= 11 is 0. The van der Waals surface area contributed by atoms with Gasteiger partial charge < -0.3 is 10.0 Å². The van der Waals surface area contributed by atoms with Gasteiger partial charge in [0.25, 0.3) is 0 Å². The van der Waals surface area contributed by atoms with Crippen LogP contribution >= 0.6 is 0 Å². The normalized spacial score (nSPS) is 24.2. The largest absolute Gasteiger partial charge is 0.401 e. The van der Waals surface area contributed by atoms with E-state index in [1.807, 2.05) is 13.8 Å². The maximum atomic E-state index is 12.4. The number of rotatable bonds is 5. The minimum absolute atomic E-state index is 0.149. The smallest absolute Gasteiger partial charge is 0.395 e. The predicted octanol–water partition coefficient (Wildman–Crippen LogP) is 1.35. The number of hydrogen-bond donors (Lipinski definition) is 1. The number of piperidine rings is 1. The second kappa shape index (κ2) is 7.26. The number of alkyl halides is 3. The predicted molar refractivity (Wildman–Crippen MR) is 69.1 cm³/mol. The number of aliphatic hydroxyl groups is 1. The van der Waals surface area contributed by atoms with Gasteiger partial charge in [-0.15, -0.1) is 0 Å². The van der Waals surface area contributed by atoms with Gasteiger partial charge in [-0.3, -0.25) is 9.69 Å². The van der Waals surface area contributed by atoms with E-state index in [2.05, 4.69) is 0 Å². The van der Waals surface area contributed by atoms with Crippen LogP contribution in [0.5, 0.6) is 0 Å². The molecule has 1 heterocycles.